The Labute approximate surface area is 159 Å². The van der Waals surface area contributed by atoms with Crippen LogP contribution in [0.3, 0.4) is 0 Å². The Morgan fingerprint density at radius 1 is 1.26 bits per heavy atom. The SMILES string of the molecule is Cc1noc([C@@H](C)N[C@@H]2CCC[C@H](NC(=O)c3coc(C(C)(C)C)n3)C2)n1. The maximum atomic E-state index is 12.5. The van der Waals surface area contributed by atoms with E-state index in [1.807, 2.05) is 27.7 Å². The maximum absolute atomic E-state index is 12.5. The van der Waals surface area contributed by atoms with E-state index in [0.29, 0.717) is 23.3 Å². The quantitative estimate of drug-likeness (QED) is 0.827. The number of carbonyl (C=O) groups excluding carboxylic acids is 1. The Hall–Kier alpha value is -2.22. The summed E-state index contributed by atoms with van der Waals surface area (Å²) >= 11 is 0. The molecule has 1 amide bonds. The predicted molar refractivity (Wildman–Crippen MR) is 99.3 cm³/mol. The van der Waals surface area contributed by atoms with Crippen molar-refractivity contribution in [1.82, 2.24) is 25.8 Å². The van der Waals surface area contributed by atoms with Crippen LogP contribution in [-0.2, 0) is 5.41 Å². The number of rotatable bonds is 5. The number of oxazole rings is 1. The molecule has 8 heteroatoms. The zero-order chi connectivity index (χ0) is 19.6. The fourth-order valence-corrected chi connectivity index (χ4v) is 3.37. The van der Waals surface area contributed by atoms with E-state index in [1.54, 1.807) is 6.92 Å². The number of nitrogens with zero attached hydrogens (tertiary/aromatic N) is 3. The average Bonchev–Trinajstić information content (AvgIpc) is 3.24. The van der Waals surface area contributed by atoms with Gasteiger partial charge in [0.05, 0.1) is 6.04 Å². The minimum atomic E-state index is -0.221. The molecule has 27 heavy (non-hydrogen) atoms. The molecule has 1 saturated carbocycles. The van der Waals surface area contributed by atoms with Gasteiger partial charge in [0.25, 0.3) is 5.91 Å². The summed E-state index contributed by atoms with van der Waals surface area (Å²) in [7, 11) is 0. The summed E-state index contributed by atoms with van der Waals surface area (Å²) in [5.74, 6) is 1.62. The molecule has 2 heterocycles. The molecule has 0 spiro atoms. The number of aromatic nitrogens is 3. The molecule has 0 aliphatic heterocycles. The first-order valence-corrected chi connectivity index (χ1v) is 9.55. The first-order chi connectivity index (χ1) is 12.7. The maximum Gasteiger partial charge on any atom is 0.273 e. The smallest absolute Gasteiger partial charge is 0.273 e. The Morgan fingerprint density at radius 3 is 2.63 bits per heavy atom. The molecule has 1 fully saturated rings. The number of aryl methyl sites for hydroxylation is 1. The highest BCUT2D eigenvalue weighted by Gasteiger charge is 2.28. The lowest BCUT2D eigenvalue weighted by Crippen LogP contribution is -2.44. The van der Waals surface area contributed by atoms with Gasteiger partial charge in [0, 0.05) is 17.5 Å². The van der Waals surface area contributed by atoms with Gasteiger partial charge >= 0.3 is 0 Å². The van der Waals surface area contributed by atoms with E-state index in [2.05, 4.69) is 25.8 Å². The number of hydrogen-bond donors (Lipinski definition) is 2. The van der Waals surface area contributed by atoms with E-state index in [-0.39, 0.29) is 29.4 Å². The van der Waals surface area contributed by atoms with Crippen molar-refractivity contribution in [2.75, 3.05) is 0 Å². The van der Waals surface area contributed by atoms with Gasteiger partial charge in [-0.3, -0.25) is 4.79 Å². The molecule has 148 valence electrons. The molecule has 1 aliphatic rings. The molecule has 8 nitrogen and oxygen atoms in total. The van der Waals surface area contributed by atoms with Crippen LogP contribution < -0.4 is 10.6 Å². The fourth-order valence-electron chi connectivity index (χ4n) is 3.37. The van der Waals surface area contributed by atoms with Crippen LogP contribution in [0.25, 0.3) is 0 Å². The molecule has 1 aliphatic carbocycles. The largest absolute Gasteiger partial charge is 0.448 e. The first kappa shape index (κ1) is 19.5. The second-order valence-corrected chi connectivity index (χ2v) is 8.39. The third kappa shape index (κ3) is 4.94. The number of amides is 1. The third-order valence-corrected chi connectivity index (χ3v) is 4.79. The minimum absolute atomic E-state index is 0.0180. The van der Waals surface area contributed by atoms with E-state index in [0.717, 1.165) is 25.7 Å². The third-order valence-electron chi connectivity index (χ3n) is 4.79. The molecule has 2 N–H and O–H groups in total. The normalized spacial score (nSPS) is 21.8. The van der Waals surface area contributed by atoms with Gasteiger partial charge in [-0.05, 0) is 39.5 Å². The Morgan fingerprint density at radius 2 is 2.00 bits per heavy atom. The van der Waals surface area contributed by atoms with Crippen molar-refractivity contribution in [3.63, 3.8) is 0 Å². The van der Waals surface area contributed by atoms with Gasteiger partial charge < -0.3 is 19.6 Å². The molecular formula is C19H29N5O3. The van der Waals surface area contributed by atoms with E-state index in [4.69, 9.17) is 8.94 Å². The lowest BCUT2D eigenvalue weighted by molar-refractivity contribution is 0.0917. The number of nitrogens with one attached hydrogen (secondary N) is 2. The van der Waals surface area contributed by atoms with Crippen molar-refractivity contribution >= 4 is 5.91 Å². The monoisotopic (exact) mass is 375 g/mol. The lowest BCUT2D eigenvalue weighted by atomic mass is 9.90. The highest BCUT2D eigenvalue weighted by Crippen LogP contribution is 2.23. The average molecular weight is 375 g/mol. The Bertz CT molecular complexity index is 776. The van der Waals surface area contributed by atoms with Gasteiger partial charge in [0.15, 0.2) is 17.4 Å². The van der Waals surface area contributed by atoms with Crippen LogP contribution in [0.15, 0.2) is 15.2 Å². The van der Waals surface area contributed by atoms with Gasteiger partial charge in [-0.15, -0.1) is 0 Å². The van der Waals surface area contributed by atoms with Crippen LogP contribution in [0.2, 0.25) is 0 Å². The molecule has 0 unspecified atom stereocenters. The standard InChI is InChI=1S/C19H29N5O3/c1-11(17-21-12(2)24-27-17)20-13-7-6-8-14(9-13)22-16(25)15-10-26-18(23-15)19(3,4)5/h10-11,13-14,20H,6-9H2,1-5H3,(H,22,25)/t11-,13-,14+/m1/s1. The summed E-state index contributed by atoms with van der Waals surface area (Å²) in [6, 6.07) is 0.374. The van der Waals surface area contributed by atoms with Gasteiger partial charge in [-0.2, -0.15) is 4.98 Å². The number of hydrogen-bond acceptors (Lipinski definition) is 7. The molecule has 0 aromatic carbocycles. The predicted octanol–water partition coefficient (Wildman–Crippen LogP) is 3.06. The second kappa shape index (κ2) is 7.80. The second-order valence-electron chi connectivity index (χ2n) is 8.39. The molecule has 3 rings (SSSR count). The molecular weight excluding hydrogens is 346 g/mol. The summed E-state index contributed by atoms with van der Waals surface area (Å²) in [6.45, 7) is 9.83. The summed E-state index contributed by atoms with van der Waals surface area (Å²) < 4.78 is 10.7. The van der Waals surface area contributed by atoms with Gasteiger partial charge in [-0.25, -0.2) is 4.98 Å². The minimum Gasteiger partial charge on any atom is -0.448 e. The first-order valence-electron chi connectivity index (χ1n) is 9.55. The highest BCUT2D eigenvalue weighted by atomic mass is 16.5. The topological polar surface area (TPSA) is 106 Å². The molecule has 2 aromatic heterocycles. The van der Waals surface area contributed by atoms with Crippen molar-refractivity contribution in [2.24, 2.45) is 0 Å². The van der Waals surface area contributed by atoms with Crippen molar-refractivity contribution in [3.8, 4) is 0 Å². The lowest BCUT2D eigenvalue weighted by Gasteiger charge is -2.31. The molecule has 0 saturated heterocycles. The molecule has 0 radical (unpaired) electrons. The van der Waals surface area contributed by atoms with Gasteiger partial charge in [0.2, 0.25) is 5.89 Å². The summed E-state index contributed by atoms with van der Waals surface area (Å²) in [5, 5.41) is 10.5. The summed E-state index contributed by atoms with van der Waals surface area (Å²) in [5.41, 5.74) is 0.117. The van der Waals surface area contributed by atoms with Crippen LogP contribution in [0.5, 0.6) is 0 Å². The van der Waals surface area contributed by atoms with Gasteiger partial charge in [0.1, 0.15) is 6.26 Å². The van der Waals surface area contributed by atoms with E-state index < -0.39 is 0 Å². The molecule has 0 bridgehead atoms. The molecule has 3 atom stereocenters. The number of carbonyl (C=O) groups is 1. The van der Waals surface area contributed by atoms with Crippen molar-refractivity contribution < 1.29 is 13.7 Å². The van der Waals surface area contributed by atoms with E-state index in [1.165, 1.54) is 6.26 Å². The fraction of sp³-hybridized carbons (Fsp3) is 0.684. The summed E-state index contributed by atoms with van der Waals surface area (Å²) in [4.78, 5) is 21.1. The van der Waals surface area contributed by atoms with Crippen molar-refractivity contribution in [3.05, 3.63) is 29.6 Å². The molecule has 2 aromatic rings. The van der Waals surface area contributed by atoms with E-state index in [9.17, 15) is 4.79 Å². The van der Waals surface area contributed by atoms with Crippen LogP contribution in [0.1, 0.15) is 87.5 Å². The van der Waals surface area contributed by atoms with E-state index >= 15 is 0 Å². The van der Waals surface area contributed by atoms with Crippen molar-refractivity contribution in [2.45, 2.75) is 83.8 Å². The summed E-state index contributed by atoms with van der Waals surface area (Å²) in [6.07, 6.45) is 5.36. The zero-order valence-electron chi connectivity index (χ0n) is 16.7. The Balaban J connectivity index is 1.55. The van der Waals surface area contributed by atoms with Crippen LogP contribution in [-0.4, -0.2) is 33.1 Å². The van der Waals surface area contributed by atoms with Crippen LogP contribution in [0.4, 0.5) is 0 Å². The van der Waals surface area contributed by atoms with Gasteiger partial charge in [-0.1, -0.05) is 25.9 Å². The van der Waals surface area contributed by atoms with Crippen LogP contribution >= 0.6 is 0 Å². The van der Waals surface area contributed by atoms with Crippen molar-refractivity contribution in [1.29, 1.82) is 0 Å². The zero-order valence-corrected chi connectivity index (χ0v) is 16.7. The van der Waals surface area contributed by atoms with Crippen LogP contribution in [0, 0.1) is 6.92 Å². The Kier molecular flexibility index (Phi) is 5.64. The highest BCUT2D eigenvalue weighted by molar-refractivity contribution is 5.92.